The molecule has 0 aliphatic carbocycles. The van der Waals surface area contributed by atoms with Gasteiger partial charge in [0, 0.05) is 30.5 Å². The number of rotatable bonds is 5. The lowest BCUT2D eigenvalue weighted by molar-refractivity contribution is 0.0914. The Labute approximate surface area is 160 Å². The van der Waals surface area contributed by atoms with Crippen LogP contribution in [0.25, 0.3) is 0 Å². The molecule has 1 aromatic heterocycles. The lowest BCUT2D eigenvalue weighted by Crippen LogP contribution is -2.49. The van der Waals surface area contributed by atoms with E-state index in [0.717, 1.165) is 44.5 Å². The summed E-state index contributed by atoms with van der Waals surface area (Å²) < 4.78 is 0. The average molecular weight is 365 g/mol. The number of aromatic nitrogens is 1. The van der Waals surface area contributed by atoms with Gasteiger partial charge in [0.25, 0.3) is 5.91 Å². The highest BCUT2D eigenvalue weighted by atomic mass is 16.1. The molecule has 2 fully saturated rings. The molecule has 142 valence electrons. The minimum atomic E-state index is 0.0277. The minimum Gasteiger partial charge on any atom is -0.352 e. The van der Waals surface area contributed by atoms with Gasteiger partial charge in [0.1, 0.15) is 0 Å². The summed E-state index contributed by atoms with van der Waals surface area (Å²) in [6, 6.07) is 13.9. The summed E-state index contributed by atoms with van der Waals surface area (Å²) in [4.78, 5) is 18.8. The Morgan fingerprint density at radius 3 is 2.56 bits per heavy atom. The van der Waals surface area contributed by atoms with E-state index < -0.39 is 0 Å². The first-order valence-electron chi connectivity index (χ1n) is 9.78. The average Bonchev–Trinajstić information content (AvgIpc) is 3.24. The zero-order chi connectivity index (χ0) is 18.5. The molecule has 4 rings (SSSR count). The molecule has 3 N–H and O–H groups in total. The zero-order valence-corrected chi connectivity index (χ0v) is 15.5. The molecule has 2 saturated heterocycles. The van der Waals surface area contributed by atoms with Crippen LogP contribution in [0.5, 0.6) is 0 Å². The zero-order valence-electron chi connectivity index (χ0n) is 15.5. The van der Waals surface area contributed by atoms with Crippen LogP contribution in [0.3, 0.4) is 0 Å². The molecule has 1 aromatic carbocycles. The summed E-state index contributed by atoms with van der Waals surface area (Å²) in [6.45, 7) is 2.89. The largest absolute Gasteiger partial charge is 0.352 e. The second kappa shape index (κ2) is 8.61. The molecule has 0 bridgehead atoms. The summed E-state index contributed by atoms with van der Waals surface area (Å²) in [7, 11) is 0. The molecule has 2 atom stereocenters. The molecule has 0 spiro atoms. The maximum atomic E-state index is 12.2. The minimum absolute atomic E-state index is 0.0277. The number of nitrogens with zero attached hydrogens (tertiary/aromatic N) is 2. The van der Waals surface area contributed by atoms with Crippen LogP contribution < -0.4 is 16.2 Å². The van der Waals surface area contributed by atoms with Gasteiger partial charge in [0.2, 0.25) is 0 Å². The number of benzene rings is 1. The molecular formula is C21H27N5O. The van der Waals surface area contributed by atoms with Gasteiger partial charge in [-0.2, -0.15) is 0 Å². The Kier molecular flexibility index (Phi) is 5.77. The van der Waals surface area contributed by atoms with E-state index in [1.807, 2.05) is 42.7 Å². The molecule has 2 aliphatic rings. The number of nitrogens with one attached hydrogen (secondary N) is 3. The molecule has 3 heterocycles. The van der Waals surface area contributed by atoms with Gasteiger partial charge >= 0.3 is 0 Å². The van der Waals surface area contributed by atoms with Gasteiger partial charge in [-0.25, -0.2) is 10.9 Å². The summed E-state index contributed by atoms with van der Waals surface area (Å²) in [6.07, 6.45) is 7.35. The van der Waals surface area contributed by atoms with Crippen LogP contribution in [0.15, 0.2) is 54.9 Å². The van der Waals surface area contributed by atoms with Crippen LogP contribution in [-0.2, 0) is 0 Å². The number of hydrogen-bond acceptors (Lipinski definition) is 5. The number of carbonyl (C=O) groups is 1. The van der Waals surface area contributed by atoms with E-state index >= 15 is 0 Å². The lowest BCUT2D eigenvalue weighted by atomic mass is 9.95. The Hall–Kier alpha value is -2.28. The highest BCUT2D eigenvalue weighted by Crippen LogP contribution is 2.26. The maximum absolute atomic E-state index is 12.2. The van der Waals surface area contributed by atoms with E-state index in [2.05, 4.69) is 38.2 Å². The normalized spacial score (nSPS) is 24.0. The van der Waals surface area contributed by atoms with E-state index in [-0.39, 0.29) is 5.91 Å². The molecule has 2 unspecified atom stereocenters. The summed E-state index contributed by atoms with van der Waals surface area (Å²) in [5.41, 5.74) is 8.87. The third-order valence-electron chi connectivity index (χ3n) is 5.67. The first-order chi connectivity index (χ1) is 13.3. The summed E-state index contributed by atoms with van der Waals surface area (Å²) >= 11 is 0. The summed E-state index contributed by atoms with van der Waals surface area (Å²) in [5.74, 6) is 0.583. The van der Waals surface area contributed by atoms with Gasteiger partial charge in [-0.05, 0) is 68.1 Å². The number of likely N-dealkylation sites (tertiary alicyclic amines) is 1. The van der Waals surface area contributed by atoms with Crippen molar-refractivity contribution < 1.29 is 4.79 Å². The molecule has 2 aromatic rings. The number of hydrogen-bond donors (Lipinski definition) is 3. The van der Waals surface area contributed by atoms with Crippen molar-refractivity contribution >= 4 is 5.91 Å². The van der Waals surface area contributed by atoms with Gasteiger partial charge in [-0.1, -0.05) is 18.2 Å². The monoisotopic (exact) mass is 365 g/mol. The van der Waals surface area contributed by atoms with Crippen molar-refractivity contribution in [3.63, 3.8) is 0 Å². The van der Waals surface area contributed by atoms with Crippen molar-refractivity contribution in [1.82, 2.24) is 26.1 Å². The molecule has 1 amide bonds. The molecule has 0 saturated carbocycles. The molecule has 6 heteroatoms. The van der Waals surface area contributed by atoms with Gasteiger partial charge < -0.3 is 5.32 Å². The van der Waals surface area contributed by atoms with Gasteiger partial charge in [0.05, 0.1) is 6.17 Å². The fourth-order valence-electron chi connectivity index (χ4n) is 3.99. The number of pyridine rings is 1. The van der Waals surface area contributed by atoms with Crippen LogP contribution in [-0.4, -0.2) is 41.6 Å². The number of carbonyl (C=O) groups excluding carboxylic acids is 1. The number of amides is 1. The van der Waals surface area contributed by atoms with Crippen LogP contribution in [0.1, 0.15) is 41.2 Å². The highest BCUT2D eigenvalue weighted by molar-refractivity contribution is 5.94. The number of hydrazine groups is 1. The second-order valence-corrected chi connectivity index (χ2v) is 7.43. The van der Waals surface area contributed by atoms with Crippen LogP contribution >= 0.6 is 0 Å². The Balaban J connectivity index is 1.21. The Bertz CT molecular complexity index is 731. The van der Waals surface area contributed by atoms with Crippen LogP contribution in [0.4, 0.5) is 0 Å². The molecule has 27 heavy (non-hydrogen) atoms. The topological polar surface area (TPSA) is 69.3 Å². The first kappa shape index (κ1) is 18.1. The molecular weight excluding hydrogens is 338 g/mol. The van der Waals surface area contributed by atoms with E-state index in [0.29, 0.717) is 18.1 Å². The van der Waals surface area contributed by atoms with Gasteiger partial charge in [0.15, 0.2) is 0 Å². The fraction of sp³-hybridized carbons (Fsp3) is 0.429. The highest BCUT2D eigenvalue weighted by Gasteiger charge is 2.31. The Morgan fingerprint density at radius 2 is 1.81 bits per heavy atom. The third kappa shape index (κ3) is 4.53. The second-order valence-electron chi connectivity index (χ2n) is 7.43. The lowest BCUT2D eigenvalue weighted by Gasteiger charge is -2.35. The van der Waals surface area contributed by atoms with Gasteiger partial charge in [-0.3, -0.25) is 14.7 Å². The molecule has 2 aliphatic heterocycles. The van der Waals surface area contributed by atoms with Gasteiger partial charge in [-0.15, -0.1) is 0 Å². The Morgan fingerprint density at radius 1 is 1.07 bits per heavy atom. The van der Waals surface area contributed by atoms with Crippen molar-refractivity contribution in [3.8, 4) is 0 Å². The van der Waals surface area contributed by atoms with E-state index in [9.17, 15) is 4.79 Å². The first-order valence-corrected chi connectivity index (χ1v) is 9.78. The SMILES string of the molecule is O=C(NCC1CCN(C2CC(c3ccncc3)NN2)CC1)c1ccccc1. The molecule has 6 nitrogen and oxygen atoms in total. The molecule has 0 radical (unpaired) electrons. The summed E-state index contributed by atoms with van der Waals surface area (Å²) in [5, 5.41) is 3.09. The predicted molar refractivity (Wildman–Crippen MR) is 105 cm³/mol. The van der Waals surface area contributed by atoms with E-state index in [4.69, 9.17) is 0 Å². The van der Waals surface area contributed by atoms with Crippen LogP contribution in [0.2, 0.25) is 0 Å². The number of piperidine rings is 1. The van der Waals surface area contributed by atoms with E-state index in [1.54, 1.807) is 0 Å². The predicted octanol–water partition coefficient (Wildman–Crippen LogP) is 2.09. The van der Waals surface area contributed by atoms with Crippen LogP contribution in [0, 0.1) is 5.92 Å². The van der Waals surface area contributed by atoms with E-state index in [1.165, 1.54) is 5.56 Å². The maximum Gasteiger partial charge on any atom is 0.251 e. The van der Waals surface area contributed by atoms with Crippen molar-refractivity contribution in [3.05, 3.63) is 66.0 Å². The van der Waals surface area contributed by atoms with Crippen molar-refractivity contribution in [2.75, 3.05) is 19.6 Å². The fourth-order valence-corrected chi connectivity index (χ4v) is 3.99. The smallest absolute Gasteiger partial charge is 0.251 e. The van der Waals surface area contributed by atoms with Crippen molar-refractivity contribution in [2.24, 2.45) is 5.92 Å². The quantitative estimate of drug-likeness (QED) is 0.757. The standard InChI is InChI=1S/C21H27N5O/c27-21(18-4-2-1-3-5-18)23-15-16-8-12-26(13-9-16)20-14-19(24-25-20)17-6-10-22-11-7-17/h1-7,10-11,16,19-20,24-25H,8-9,12-15H2,(H,23,27). The third-order valence-corrected chi connectivity index (χ3v) is 5.67. The van der Waals surface area contributed by atoms with Crippen molar-refractivity contribution in [1.29, 1.82) is 0 Å². The van der Waals surface area contributed by atoms with Crippen molar-refractivity contribution in [2.45, 2.75) is 31.5 Å².